The zero-order chi connectivity index (χ0) is 12.7. The number of aromatic amines is 1. The number of rotatable bonds is 2. The zero-order valence-corrected chi connectivity index (χ0v) is 9.91. The molecule has 1 fully saturated rings. The Morgan fingerprint density at radius 3 is 3.17 bits per heavy atom. The van der Waals surface area contributed by atoms with Gasteiger partial charge in [0.25, 0.3) is 5.56 Å². The first kappa shape index (κ1) is 11.4. The lowest BCUT2D eigenvalue weighted by atomic mass is 10.1. The summed E-state index contributed by atoms with van der Waals surface area (Å²) in [7, 11) is 0. The Labute approximate surface area is 102 Å². The molecule has 0 amide bonds. The first-order valence-corrected chi connectivity index (χ1v) is 5.87. The van der Waals surface area contributed by atoms with E-state index in [1.165, 1.54) is 6.33 Å². The van der Waals surface area contributed by atoms with E-state index in [9.17, 15) is 4.79 Å². The molecule has 0 aromatic carbocycles. The van der Waals surface area contributed by atoms with Crippen LogP contribution in [-0.4, -0.2) is 37.3 Å². The van der Waals surface area contributed by atoms with Crippen LogP contribution in [0.2, 0.25) is 0 Å². The normalized spacial score (nSPS) is 28.0. The van der Waals surface area contributed by atoms with Gasteiger partial charge in [0.2, 0.25) is 0 Å². The van der Waals surface area contributed by atoms with Gasteiger partial charge in [-0.2, -0.15) is 0 Å². The Hall–Kier alpha value is -1.73. The Morgan fingerprint density at radius 1 is 1.61 bits per heavy atom. The van der Waals surface area contributed by atoms with Crippen LogP contribution in [0.15, 0.2) is 17.4 Å². The predicted octanol–water partition coefficient (Wildman–Crippen LogP) is 0.0355. The molecule has 0 radical (unpaired) electrons. The number of H-pyrrole nitrogens is 1. The number of ether oxygens (including phenoxy) is 1. The molecule has 2 N–H and O–H groups in total. The van der Waals surface area contributed by atoms with Crippen LogP contribution in [0.5, 0.6) is 0 Å². The van der Waals surface area contributed by atoms with E-state index < -0.39 is 0 Å². The SMILES string of the molecule is CC1CC(CO)OC1n1cnc2c(=O)[nH]cnc21. The molecule has 2 aromatic heterocycles. The molecule has 3 unspecified atom stereocenters. The van der Waals surface area contributed by atoms with Crippen LogP contribution < -0.4 is 5.56 Å². The van der Waals surface area contributed by atoms with Crippen LogP contribution in [0, 0.1) is 5.92 Å². The monoisotopic (exact) mass is 250 g/mol. The van der Waals surface area contributed by atoms with E-state index in [0.29, 0.717) is 11.2 Å². The van der Waals surface area contributed by atoms with Crippen LogP contribution in [0.1, 0.15) is 19.6 Å². The molecule has 2 aromatic rings. The van der Waals surface area contributed by atoms with Crippen LogP contribution in [0.25, 0.3) is 11.2 Å². The maximum Gasteiger partial charge on any atom is 0.278 e. The first-order chi connectivity index (χ1) is 8.70. The second kappa shape index (κ2) is 4.18. The largest absolute Gasteiger partial charge is 0.394 e. The second-order valence-electron chi connectivity index (χ2n) is 4.60. The minimum Gasteiger partial charge on any atom is -0.394 e. The lowest BCUT2D eigenvalue weighted by Crippen LogP contribution is -2.16. The van der Waals surface area contributed by atoms with Crippen molar-refractivity contribution in [3.05, 3.63) is 23.0 Å². The molecule has 0 saturated carbocycles. The number of aliphatic hydroxyl groups excluding tert-OH is 1. The predicted molar refractivity (Wildman–Crippen MR) is 62.9 cm³/mol. The molecule has 18 heavy (non-hydrogen) atoms. The summed E-state index contributed by atoms with van der Waals surface area (Å²) in [5.74, 6) is 0.237. The van der Waals surface area contributed by atoms with Gasteiger partial charge in [0.1, 0.15) is 6.23 Å². The summed E-state index contributed by atoms with van der Waals surface area (Å²) in [6.07, 6.45) is 3.30. The van der Waals surface area contributed by atoms with Gasteiger partial charge in [0.05, 0.1) is 25.4 Å². The van der Waals surface area contributed by atoms with E-state index in [4.69, 9.17) is 9.84 Å². The third-order valence-corrected chi connectivity index (χ3v) is 3.30. The minimum atomic E-state index is -0.261. The smallest absolute Gasteiger partial charge is 0.278 e. The molecule has 7 nitrogen and oxygen atoms in total. The fourth-order valence-electron chi connectivity index (χ4n) is 2.42. The number of hydrogen-bond donors (Lipinski definition) is 2. The number of aromatic nitrogens is 4. The van der Waals surface area contributed by atoms with Crippen LogP contribution in [-0.2, 0) is 4.74 Å². The molecule has 1 aliphatic heterocycles. The van der Waals surface area contributed by atoms with Crippen LogP contribution >= 0.6 is 0 Å². The Kier molecular flexibility index (Phi) is 2.64. The van der Waals surface area contributed by atoms with Gasteiger partial charge >= 0.3 is 0 Å². The summed E-state index contributed by atoms with van der Waals surface area (Å²) in [4.78, 5) is 22.2. The highest BCUT2D eigenvalue weighted by Crippen LogP contribution is 2.34. The van der Waals surface area contributed by atoms with E-state index in [2.05, 4.69) is 15.0 Å². The van der Waals surface area contributed by atoms with Crippen LogP contribution in [0.3, 0.4) is 0 Å². The number of hydrogen-bond acceptors (Lipinski definition) is 5. The fraction of sp³-hybridized carbons (Fsp3) is 0.545. The van der Waals surface area contributed by atoms with Crippen molar-refractivity contribution in [1.82, 2.24) is 19.5 Å². The van der Waals surface area contributed by atoms with E-state index in [-0.39, 0.29) is 30.4 Å². The highest BCUT2D eigenvalue weighted by molar-refractivity contribution is 5.68. The molecule has 0 aliphatic carbocycles. The molecule has 3 atom stereocenters. The average molecular weight is 250 g/mol. The van der Waals surface area contributed by atoms with E-state index in [0.717, 1.165) is 6.42 Å². The minimum absolute atomic E-state index is 0.00147. The van der Waals surface area contributed by atoms with Crippen molar-refractivity contribution >= 4 is 11.2 Å². The van der Waals surface area contributed by atoms with Crippen molar-refractivity contribution in [3.63, 3.8) is 0 Å². The quantitative estimate of drug-likeness (QED) is 0.784. The Balaban J connectivity index is 2.05. The highest BCUT2D eigenvalue weighted by Gasteiger charge is 2.34. The fourth-order valence-corrected chi connectivity index (χ4v) is 2.42. The summed E-state index contributed by atoms with van der Waals surface area (Å²) in [5.41, 5.74) is 0.554. The average Bonchev–Trinajstić information content (AvgIpc) is 2.93. The van der Waals surface area contributed by atoms with Gasteiger partial charge in [-0.3, -0.25) is 9.36 Å². The van der Waals surface area contributed by atoms with Crippen molar-refractivity contribution in [1.29, 1.82) is 0 Å². The Bertz CT molecular complexity index is 620. The molecule has 3 rings (SSSR count). The van der Waals surface area contributed by atoms with E-state index >= 15 is 0 Å². The maximum atomic E-state index is 11.6. The summed E-state index contributed by atoms with van der Waals surface area (Å²) >= 11 is 0. The third kappa shape index (κ3) is 1.63. The molecule has 0 spiro atoms. The number of nitrogens with zero attached hydrogens (tertiary/aromatic N) is 3. The number of nitrogens with one attached hydrogen (secondary N) is 1. The Morgan fingerprint density at radius 2 is 2.44 bits per heavy atom. The maximum absolute atomic E-state index is 11.6. The lowest BCUT2D eigenvalue weighted by Gasteiger charge is -2.16. The lowest BCUT2D eigenvalue weighted by molar-refractivity contribution is -0.0294. The van der Waals surface area contributed by atoms with Gasteiger partial charge in [0.15, 0.2) is 11.2 Å². The van der Waals surface area contributed by atoms with Crippen molar-refractivity contribution in [3.8, 4) is 0 Å². The molecular weight excluding hydrogens is 236 g/mol. The molecular formula is C11H14N4O3. The standard InChI is InChI=1S/C11H14N4O3/c1-6-2-7(3-16)18-11(6)15-5-14-8-9(15)12-4-13-10(8)17/h4-7,11,16H,2-3H2,1H3,(H,12,13,17). The number of fused-ring (bicyclic) bond motifs is 1. The summed E-state index contributed by atoms with van der Waals surface area (Å²) in [6.45, 7) is 2.04. The van der Waals surface area contributed by atoms with Crippen molar-refractivity contribution in [2.24, 2.45) is 5.92 Å². The van der Waals surface area contributed by atoms with Gasteiger partial charge in [-0.05, 0) is 6.42 Å². The van der Waals surface area contributed by atoms with Crippen molar-refractivity contribution < 1.29 is 9.84 Å². The molecule has 1 saturated heterocycles. The third-order valence-electron chi connectivity index (χ3n) is 3.30. The van der Waals surface area contributed by atoms with Gasteiger partial charge in [-0.1, -0.05) is 6.92 Å². The molecule has 3 heterocycles. The van der Waals surface area contributed by atoms with Crippen LogP contribution in [0.4, 0.5) is 0 Å². The molecule has 7 heteroatoms. The van der Waals surface area contributed by atoms with Crippen molar-refractivity contribution in [2.75, 3.05) is 6.61 Å². The summed E-state index contributed by atoms with van der Waals surface area (Å²) < 4.78 is 7.49. The summed E-state index contributed by atoms with van der Waals surface area (Å²) in [6, 6.07) is 0. The first-order valence-electron chi connectivity index (χ1n) is 5.87. The van der Waals surface area contributed by atoms with Gasteiger partial charge in [-0.15, -0.1) is 0 Å². The van der Waals surface area contributed by atoms with Gasteiger partial charge in [-0.25, -0.2) is 9.97 Å². The topological polar surface area (TPSA) is 93.0 Å². The number of aliphatic hydroxyl groups is 1. The zero-order valence-electron chi connectivity index (χ0n) is 9.91. The highest BCUT2D eigenvalue weighted by atomic mass is 16.5. The van der Waals surface area contributed by atoms with Crippen molar-refractivity contribution in [2.45, 2.75) is 25.7 Å². The molecule has 1 aliphatic rings. The van der Waals surface area contributed by atoms with E-state index in [1.807, 2.05) is 6.92 Å². The second-order valence-corrected chi connectivity index (χ2v) is 4.60. The molecule has 0 bridgehead atoms. The van der Waals surface area contributed by atoms with Gasteiger partial charge in [0, 0.05) is 5.92 Å². The molecule has 96 valence electrons. The number of imidazole rings is 1. The summed E-state index contributed by atoms with van der Waals surface area (Å²) in [5, 5.41) is 9.14. The van der Waals surface area contributed by atoms with E-state index in [1.54, 1.807) is 10.9 Å². The van der Waals surface area contributed by atoms with Gasteiger partial charge < -0.3 is 14.8 Å².